The molecule has 4 nitrogen and oxygen atoms in total. The molecule has 0 aromatic carbocycles. The number of hydrogen-bond acceptors (Lipinski definition) is 4. The van der Waals surface area contributed by atoms with E-state index in [-0.39, 0.29) is 0 Å². The Morgan fingerprint density at radius 1 is 1.19 bits per heavy atom. The van der Waals surface area contributed by atoms with Crippen LogP contribution in [0.3, 0.4) is 0 Å². The summed E-state index contributed by atoms with van der Waals surface area (Å²) in [5.74, 6) is 0. The van der Waals surface area contributed by atoms with Crippen molar-refractivity contribution >= 4 is 0 Å². The van der Waals surface area contributed by atoms with Crippen molar-refractivity contribution in [3.05, 3.63) is 12.2 Å². The van der Waals surface area contributed by atoms with Gasteiger partial charge in [-0.3, -0.25) is 9.80 Å². The van der Waals surface area contributed by atoms with Gasteiger partial charge in [0.2, 0.25) is 0 Å². The lowest BCUT2D eigenvalue weighted by atomic mass is 10.2. The second-order valence-electron chi connectivity index (χ2n) is 4.88. The van der Waals surface area contributed by atoms with Gasteiger partial charge in [-0.2, -0.15) is 0 Å². The molecule has 4 heteroatoms. The number of likely N-dealkylation sites (N-methyl/N-ethyl adjacent to an activating group) is 1. The summed E-state index contributed by atoms with van der Waals surface area (Å²) in [6, 6.07) is 0. The predicted octanol–water partition coefficient (Wildman–Crippen LogP) is -0.319. The molecule has 0 radical (unpaired) electrons. The number of hydrogen-bond donors (Lipinski definition) is 1. The molecule has 1 rings (SSSR count). The Labute approximate surface area is 99.7 Å². The van der Waals surface area contributed by atoms with E-state index in [9.17, 15) is 0 Å². The topological polar surface area (TPSA) is 35.7 Å². The Bertz CT molecular complexity index is 207. The van der Waals surface area contributed by atoms with Crippen LogP contribution in [0.15, 0.2) is 12.2 Å². The van der Waals surface area contributed by atoms with Gasteiger partial charge in [0.25, 0.3) is 0 Å². The van der Waals surface area contributed by atoms with Gasteiger partial charge in [-0.15, -0.1) is 0 Å². The minimum absolute atomic E-state index is 0.612. The van der Waals surface area contributed by atoms with Crippen LogP contribution < -0.4 is 5.73 Å². The van der Waals surface area contributed by atoms with E-state index in [0.29, 0.717) is 6.54 Å². The largest absolute Gasteiger partial charge is 0.327 e. The maximum absolute atomic E-state index is 5.56. The van der Waals surface area contributed by atoms with Gasteiger partial charge in [-0.05, 0) is 19.7 Å². The highest BCUT2D eigenvalue weighted by molar-refractivity contribution is 4.99. The Morgan fingerprint density at radius 3 is 2.25 bits per heavy atom. The van der Waals surface area contributed by atoms with Crippen molar-refractivity contribution in [3.8, 4) is 0 Å². The van der Waals surface area contributed by atoms with Crippen LogP contribution in [0, 0.1) is 0 Å². The van der Waals surface area contributed by atoms with E-state index in [1.54, 1.807) is 0 Å². The molecule has 0 unspecified atom stereocenters. The maximum atomic E-state index is 5.56. The first-order chi connectivity index (χ1) is 7.61. The van der Waals surface area contributed by atoms with Crippen molar-refractivity contribution in [2.45, 2.75) is 0 Å². The van der Waals surface area contributed by atoms with Gasteiger partial charge in [0.15, 0.2) is 0 Å². The van der Waals surface area contributed by atoms with E-state index >= 15 is 0 Å². The number of piperazine rings is 1. The lowest BCUT2D eigenvalue weighted by molar-refractivity contribution is 0.132. The molecule has 0 amide bonds. The third-order valence-corrected chi connectivity index (χ3v) is 3.06. The molecule has 2 N–H and O–H groups in total. The SMILES string of the molecule is C=C(CN)CN1CCN(CCN(C)C)CC1. The molecule has 0 atom stereocenters. The Kier molecular flexibility index (Phi) is 5.98. The molecular weight excluding hydrogens is 200 g/mol. The van der Waals surface area contributed by atoms with Gasteiger partial charge in [-0.1, -0.05) is 6.58 Å². The molecular formula is C12H26N4. The summed E-state index contributed by atoms with van der Waals surface area (Å²) in [5, 5.41) is 0. The van der Waals surface area contributed by atoms with Crippen LogP contribution in [-0.2, 0) is 0 Å². The summed E-state index contributed by atoms with van der Waals surface area (Å²) < 4.78 is 0. The maximum Gasteiger partial charge on any atom is 0.0203 e. The highest BCUT2D eigenvalue weighted by Crippen LogP contribution is 2.03. The zero-order valence-corrected chi connectivity index (χ0v) is 10.8. The lowest BCUT2D eigenvalue weighted by Crippen LogP contribution is -2.48. The lowest BCUT2D eigenvalue weighted by Gasteiger charge is -2.35. The molecule has 16 heavy (non-hydrogen) atoms. The van der Waals surface area contributed by atoms with E-state index in [4.69, 9.17) is 5.73 Å². The third-order valence-electron chi connectivity index (χ3n) is 3.06. The first-order valence-electron chi connectivity index (χ1n) is 6.08. The summed E-state index contributed by atoms with van der Waals surface area (Å²) in [4.78, 5) is 7.21. The predicted molar refractivity (Wildman–Crippen MR) is 69.6 cm³/mol. The van der Waals surface area contributed by atoms with E-state index in [1.807, 2.05) is 0 Å². The number of rotatable bonds is 6. The summed E-state index contributed by atoms with van der Waals surface area (Å²) in [6.07, 6.45) is 0. The van der Waals surface area contributed by atoms with E-state index < -0.39 is 0 Å². The van der Waals surface area contributed by atoms with Crippen molar-refractivity contribution in [3.63, 3.8) is 0 Å². The van der Waals surface area contributed by atoms with Gasteiger partial charge in [0.05, 0.1) is 0 Å². The highest BCUT2D eigenvalue weighted by Gasteiger charge is 2.16. The molecule has 1 saturated heterocycles. The second-order valence-corrected chi connectivity index (χ2v) is 4.88. The van der Waals surface area contributed by atoms with Gasteiger partial charge < -0.3 is 10.6 Å². The van der Waals surface area contributed by atoms with Crippen LogP contribution in [0.2, 0.25) is 0 Å². The average Bonchev–Trinajstić information content (AvgIpc) is 2.28. The summed E-state index contributed by atoms with van der Waals surface area (Å²) >= 11 is 0. The van der Waals surface area contributed by atoms with Gasteiger partial charge in [0, 0.05) is 52.4 Å². The van der Waals surface area contributed by atoms with Crippen LogP contribution in [0.4, 0.5) is 0 Å². The van der Waals surface area contributed by atoms with Crippen molar-refractivity contribution in [1.82, 2.24) is 14.7 Å². The van der Waals surface area contributed by atoms with Crippen LogP contribution in [0.25, 0.3) is 0 Å². The molecule has 1 aliphatic rings. The quantitative estimate of drug-likeness (QED) is 0.630. The van der Waals surface area contributed by atoms with E-state index in [0.717, 1.165) is 31.8 Å². The van der Waals surface area contributed by atoms with Crippen LogP contribution in [-0.4, -0.2) is 81.2 Å². The van der Waals surface area contributed by atoms with E-state index in [2.05, 4.69) is 35.4 Å². The average molecular weight is 226 g/mol. The molecule has 0 aliphatic carbocycles. The Balaban J connectivity index is 2.16. The molecule has 0 aromatic rings. The molecule has 0 aromatic heterocycles. The van der Waals surface area contributed by atoms with Crippen LogP contribution in [0.5, 0.6) is 0 Å². The van der Waals surface area contributed by atoms with Crippen molar-refractivity contribution < 1.29 is 0 Å². The fraction of sp³-hybridized carbons (Fsp3) is 0.833. The van der Waals surface area contributed by atoms with Crippen molar-refractivity contribution in [2.75, 3.05) is 66.5 Å². The van der Waals surface area contributed by atoms with Gasteiger partial charge in [-0.25, -0.2) is 0 Å². The molecule has 1 aliphatic heterocycles. The zero-order chi connectivity index (χ0) is 12.0. The molecule has 94 valence electrons. The minimum Gasteiger partial charge on any atom is -0.327 e. The first-order valence-corrected chi connectivity index (χ1v) is 6.08. The Hall–Kier alpha value is -0.420. The normalized spacial score (nSPS) is 19.2. The molecule has 0 saturated carbocycles. The molecule has 0 bridgehead atoms. The van der Waals surface area contributed by atoms with E-state index in [1.165, 1.54) is 19.6 Å². The minimum atomic E-state index is 0.612. The first kappa shape index (κ1) is 13.6. The van der Waals surface area contributed by atoms with Crippen LogP contribution >= 0.6 is 0 Å². The monoisotopic (exact) mass is 226 g/mol. The second kappa shape index (κ2) is 7.01. The van der Waals surface area contributed by atoms with Crippen molar-refractivity contribution in [1.29, 1.82) is 0 Å². The fourth-order valence-corrected chi connectivity index (χ4v) is 1.89. The smallest absolute Gasteiger partial charge is 0.0203 e. The highest BCUT2D eigenvalue weighted by atomic mass is 15.3. The zero-order valence-electron chi connectivity index (χ0n) is 10.8. The van der Waals surface area contributed by atoms with Crippen molar-refractivity contribution in [2.24, 2.45) is 5.73 Å². The molecule has 1 fully saturated rings. The third kappa shape index (κ3) is 5.07. The summed E-state index contributed by atoms with van der Waals surface area (Å²) in [6.45, 7) is 12.5. The Morgan fingerprint density at radius 2 is 1.75 bits per heavy atom. The fourth-order valence-electron chi connectivity index (χ4n) is 1.89. The summed E-state index contributed by atoms with van der Waals surface area (Å²) in [7, 11) is 4.25. The number of nitrogens with zero attached hydrogens (tertiary/aromatic N) is 3. The molecule has 1 heterocycles. The standard InChI is InChI=1S/C12H26N4/c1-12(10-13)11-16-8-6-15(7-9-16)5-4-14(2)3/h1,4-11,13H2,2-3H3. The molecule has 0 spiro atoms. The summed E-state index contributed by atoms with van der Waals surface area (Å²) in [5.41, 5.74) is 6.70. The van der Waals surface area contributed by atoms with Crippen LogP contribution in [0.1, 0.15) is 0 Å². The van der Waals surface area contributed by atoms with Gasteiger partial charge in [0.1, 0.15) is 0 Å². The van der Waals surface area contributed by atoms with Gasteiger partial charge >= 0.3 is 0 Å². The number of nitrogens with two attached hydrogens (primary N) is 1.